The Morgan fingerprint density at radius 2 is 2.08 bits per heavy atom. The third-order valence-corrected chi connectivity index (χ3v) is 4.02. The number of nitrogens with zero attached hydrogens (tertiary/aromatic N) is 1. The molecule has 0 saturated carbocycles. The number of nitrogens with one attached hydrogen (secondary N) is 1. The molecule has 0 aliphatic heterocycles. The van der Waals surface area contributed by atoms with E-state index in [2.05, 4.69) is 5.32 Å². The average molecular weight is 346 g/mol. The van der Waals surface area contributed by atoms with Crippen LogP contribution in [0.2, 0.25) is 0 Å². The summed E-state index contributed by atoms with van der Waals surface area (Å²) in [4.78, 5) is 13.2. The molecule has 1 aromatic rings. The molecule has 0 heterocycles. The lowest BCUT2D eigenvalue weighted by molar-refractivity contribution is -0.137. The van der Waals surface area contributed by atoms with Gasteiger partial charge in [-0.1, -0.05) is 24.3 Å². The van der Waals surface area contributed by atoms with Crippen LogP contribution in [-0.2, 0) is 6.42 Å². The van der Waals surface area contributed by atoms with E-state index in [9.17, 15) is 23.1 Å². The van der Waals surface area contributed by atoms with Crippen molar-refractivity contribution in [1.29, 1.82) is 0 Å². The van der Waals surface area contributed by atoms with Crippen molar-refractivity contribution in [1.82, 2.24) is 10.2 Å². The van der Waals surface area contributed by atoms with Crippen molar-refractivity contribution in [2.45, 2.75) is 37.6 Å². The van der Waals surface area contributed by atoms with E-state index >= 15 is 0 Å². The van der Waals surface area contributed by atoms with Crippen LogP contribution < -0.4 is 5.32 Å². The van der Waals surface area contributed by atoms with E-state index in [1.54, 1.807) is 0 Å². The normalized spacial score (nSPS) is 18.1. The molecule has 0 radical (unpaired) electrons. The lowest BCUT2D eigenvalue weighted by Gasteiger charge is -2.27. The lowest BCUT2D eigenvalue weighted by Crippen LogP contribution is -2.46. The summed E-state index contributed by atoms with van der Waals surface area (Å²) in [5, 5.41) is 21.1. The van der Waals surface area contributed by atoms with E-state index in [4.69, 9.17) is 5.11 Å². The van der Waals surface area contributed by atoms with E-state index in [-0.39, 0.29) is 12.6 Å². The van der Waals surface area contributed by atoms with Gasteiger partial charge in [-0.2, -0.15) is 13.2 Å². The van der Waals surface area contributed by atoms with Crippen molar-refractivity contribution in [2.75, 3.05) is 19.7 Å². The van der Waals surface area contributed by atoms with Crippen LogP contribution in [0.1, 0.15) is 30.0 Å². The topological polar surface area (TPSA) is 72.8 Å². The fraction of sp³-hybridized carbons (Fsp3) is 0.562. The molecular weight excluding hydrogens is 325 g/mol. The second-order valence-electron chi connectivity index (χ2n) is 5.89. The summed E-state index contributed by atoms with van der Waals surface area (Å²) < 4.78 is 37.3. The van der Waals surface area contributed by atoms with Gasteiger partial charge in [0.25, 0.3) is 0 Å². The van der Waals surface area contributed by atoms with Gasteiger partial charge in [-0.15, -0.1) is 0 Å². The minimum absolute atomic E-state index is 0.256. The molecule has 1 unspecified atom stereocenters. The quantitative estimate of drug-likeness (QED) is 0.738. The van der Waals surface area contributed by atoms with Gasteiger partial charge >= 0.3 is 12.2 Å². The molecular formula is C16H21F3N2O3. The van der Waals surface area contributed by atoms with Gasteiger partial charge in [0.05, 0.1) is 31.7 Å². The fourth-order valence-electron chi connectivity index (χ4n) is 2.80. The molecule has 0 saturated heterocycles. The molecule has 8 heteroatoms. The van der Waals surface area contributed by atoms with Crippen LogP contribution in [-0.4, -0.2) is 53.1 Å². The van der Waals surface area contributed by atoms with Gasteiger partial charge in [0, 0.05) is 6.54 Å². The number of urea groups is 1. The van der Waals surface area contributed by atoms with E-state index in [0.717, 1.165) is 22.4 Å². The summed E-state index contributed by atoms with van der Waals surface area (Å²) in [7, 11) is 0. The average Bonchev–Trinajstić information content (AvgIpc) is 2.93. The van der Waals surface area contributed by atoms with Gasteiger partial charge in [0.2, 0.25) is 0 Å². The molecule has 0 aromatic heterocycles. The standard InChI is InChI=1S/C16H21F3N2O3/c17-16(18,19)7-8-21(9-12(23)10-22)15(24)20-14-6-5-11-3-1-2-4-13(11)14/h1-4,12,14,22-23H,5-10H2,(H,20,24)/t12-,14?/m0/s1. The number of hydrogen-bond donors (Lipinski definition) is 3. The predicted molar refractivity (Wildman–Crippen MR) is 81.4 cm³/mol. The fourth-order valence-corrected chi connectivity index (χ4v) is 2.80. The molecule has 0 bridgehead atoms. The predicted octanol–water partition coefficient (Wildman–Crippen LogP) is 1.99. The number of fused-ring (bicyclic) bond motifs is 1. The smallest absolute Gasteiger partial charge is 0.390 e. The Labute approximate surface area is 138 Å². The Morgan fingerprint density at radius 3 is 2.75 bits per heavy atom. The molecule has 134 valence electrons. The lowest BCUT2D eigenvalue weighted by atomic mass is 10.1. The highest BCUT2D eigenvalue weighted by Crippen LogP contribution is 2.30. The number of carbonyl (C=O) groups excluding carboxylic acids is 1. The Morgan fingerprint density at radius 1 is 1.38 bits per heavy atom. The monoisotopic (exact) mass is 346 g/mol. The second-order valence-corrected chi connectivity index (χ2v) is 5.89. The van der Waals surface area contributed by atoms with Gasteiger partial charge in [-0.05, 0) is 24.0 Å². The van der Waals surface area contributed by atoms with E-state index in [0.29, 0.717) is 6.42 Å². The molecule has 24 heavy (non-hydrogen) atoms. The first-order valence-corrected chi connectivity index (χ1v) is 7.79. The Bertz CT molecular complexity index is 566. The summed E-state index contributed by atoms with van der Waals surface area (Å²) in [5.41, 5.74) is 2.07. The van der Waals surface area contributed by atoms with E-state index in [1.165, 1.54) is 0 Å². The largest absolute Gasteiger partial charge is 0.394 e. The van der Waals surface area contributed by atoms with Gasteiger partial charge in [0.15, 0.2) is 0 Å². The number of benzene rings is 1. The highest BCUT2D eigenvalue weighted by atomic mass is 19.4. The zero-order valence-corrected chi connectivity index (χ0v) is 13.1. The van der Waals surface area contributed by atoms with Gasteiger partial charge in [0.1, 0.15) is 0 Å². The first-order chi connectivity index (χ1) is 11.3. The minimum atomic E-state index is -4.40. The maximum Gasteiger partial charge on any atom is 0.390 e. The van der Waals surface area contributed by atoms with Crippen LogP contribution in [0.5, 0.6) is 0 Å². The number of rotatable bonds is 6. The molecule has 2 amide bonds. The van der Waals surface area contributed by atoms with E-state index in [1.807, 2.05) is 24.3 Å². The first-order valence-electron chi connectivity index (χ1n) is 7.79. The van der Waals surface area contributed by atoms with Crippen LogP contribution in [0, 0.1) is 0 Å². The van der Waals surface area contributed by atoms with Crippen LogP contribution in [0.4, 0.5) is 18.0 Å². The molecule has 5 nitrogen and oxygen atoms in total. The molecule has 1 aromatic carbocycles. The number of aliphatic hydroxyl groups is 2. The first kappa shape index (κ1) is 18.5. The van der Waals surface area contributed by atoms with Crippen molar-refractivity contribution in [3.8, 4) is 0 Å². The summed E-state index contributed by atoms with van der Waals surface area (Å²) in [6, 6.07) is 6.66. The second kappa shape index (κ2) is 7.85. The van der Waals surface area contributed by atoms with Crippen molar-refractivity contribution in [3.05, 3.63) is 35.4 Å². The van der Waals surface area contributed by atoms with Crippen molar-refractivity contribution >= 4 is 6.03 Å². The number of amides is 2. The molecule has 3 N–H and O–H groups in total. The summed E-state index contributed by atoms with van der Waals surface area (Å²) in [6.07, 6.45) is -5.37. The van der Waals surface area contributed by atoms with Crippen molar-refractivity contribution in [3.63, 3.8) is 0 Å². The third-order valence-electron chi connectivity index (χ3n) is 4.02. The molecule has 2 atom stereocenters. The van der Waals surface area contributed by atoms with Crippen molar-refractivity contribution < 1.29 is 28.2 Å². The van der Waals surface area contributed by atoms with E-state index < -0.39 is 37.9 Å². The number of hydrogen-bond acceptors (Lipinski definition) is 3. The van der Waals surface area contributed by atoms with Crippen molar-refractivity contribution in [2.24, 2.45) is 0 Å². The Hall–Kier alpha value is -1.80. The highest BCUT2D eigenvalue weighted by Gasteiger charge is 2.31. The number of aliphatic hydroxyl groups excluding tert-OH is 2. The number of alkyl halides is 3. The molecule has 1 aliphatic carbocycles. The van der Waals surface area contributed by atoms with Crippen LogP contribution in [0.25, 0.3) is 0 Å². The van der Waals surface area contributed by atoms with Crippen LogP contribution in [0.3, 0.4) is 0 Å². The highest BCUT2D eigenvalue weighted by molar-refractivity contribution is 5.75. The molecule has 1 aliphatic rings. The van der Waals surface area contributed by atoms with Gasteiger partial charge < -0.3 is 20.4 Å². The molecule has 2 rings (SSSR count). The number of carbonyl (C=O) groups is 1. The zero-order chi connectivity index (χ0) is 17.7. The maximum absolute atomic E-state index is 12.4. The molecule has 0 fully saturated rings. The Kier molecular flexibility index (Phi) is 6.06. The number of aryl methyl sites for hydroxylation is 1. The summed E-state index contributed by atoms with van der Waals surface area (Å²) >= 11 is 0. The van der Waals surface area contributed by atoms with Gasteiger partial charge in [-0.25, -0.2) is 4.79 Å². The van der Waals surface area contributed by atoms with Crippen LogP contribution >= 0.6 is 0 Å². The SMILES string of the molecule is O=C(NC1CCc2ccccc21)N(CCC(F)(F)F)C[C@H](O)CO. The molecule has 0 spiro atoms. The summed E-state index contributed by atoms with van der Waals surface area (Å²) in [6.45, 7) is -1.55. The maximum atomic E-state index is 12.4. The van der Waals surface area contributed by atoms with Crippen LogP contribution in [0.15, 0.2) is 24.3 Å². The third kappa shape index (κ3) is 5.10. The summed E-state index contributed by atoms with van der Waals surface area (Å²) in [5.74, 6) is 0. The minimum Gasteiger partial charge on any atom is -0.394 e. The zero-order valence-electron chi connectivity index (χ0n) is 13.1. The van der Waals surface area contributed by atoms with Gasteiger partial charge in [-0.3, -0.25) is 0 Å². The Balaban J connectivity index is 2.01. The number of halogens is 3.